The van der Waals surface area contributed by atoms with Crippen LogP contribution in [0.15, 0.2) is 17.3 Å². The first-order chi connectivity index (χ1) is 9.87. The van der Waals surface area contributed by atoms with E-state index in [1.165, 1.54) is 6.42 Å². The van der Waals surface area contributed by atoms with Gasteiger partial charge in [0.15, 0.2) is 5.60 Å². The second-order valence-corrected chi connectivity index (χ2v) is 4.99. The van der Waals surface area contributed by atoms with Crippen LogP contribution in [0.1, 0.15) is 19.3 Å². The van der Waals surface area contributed by atoms with Crippen molar-refractivity contribution in [2.45, 2.75) is 24.9 Å². The molecule has 21 heavy (non-hydrogen) atoms. The van der Waals surface area contributed by atoms with Crippen molar-refractivity contribution >= 4 is 17.8 Å². The van der Waals surface area contributed by atoms with E-state index in [1.54, 1.807) is 7.11 Å². The summed E-state index contributed by atoms with van der Waals surface area (Å²) in [5.41, 5.74) is -0.0850. The summed E-state index contributed by atoms with van der Waals surface area (Å²) in [5.74, 6) is -1.78. The Balaban J connectivity index is 0.000000240. The third kappa shape index (κ3) is 5.82. The fourth-order valence-electron chi connectivity index (χ4n) is 2.28. The number of aliphatic carboxylic acids is 2. The average Bonchev–Trinajstić information content (AvgIpc) is 2.80. The predicted octanol–water partition coefficient (Wildman–Crippen LogP) is 0.543. The van der Waals surface area contributed by atoms with Gasteiger partial charge >= 0.3 is 11.9 Å². The summed E-state index contributed by atoms with van der Waals surface area (Å²) >= 11 is 0. The number of nitrogens with zero attached hydrogens (tertiary/aromatic N) is 2. The number of likely N-dealkylation sites (N-methyl/N-ethyl adjacent to an activating group) is 1. The lowest BCUT2D eigenvalue weighted by Gasteiger charge is -2.35. The van der Waals surface area contributed by atoms with Gasteiger partial charge in [-0.3, -0.25) is 0 Å². The second kappa shape index (κ2) is 7.63. The summed E-state index contributed by atoms with van der Waals surface area (Å²) in [7, 11) is 3.77. The molecular formula is C13H20N2O6. The van der Waals surface area contributed by atoms with E-state index in [-0.39, 0.29) is 5.60 Å². The molecule has 0 aromatic rings. The van der Waals surface area contributed by atoms with Crippen molar-refractivity contribution in [2.75, 3.05) is 27.2 Å². The van der Waals surface area contributed by atoms with E-state index in [4.69, 9.17) is 19.8 Å². The first-order valence-corrected chi connectivity index (χ1v) is 6.48. The molecule has 0 aromatic heterocycles. The highest BCUT2D eigenvalue weighted by atomic mass is 16.7. The minimum absolute atomic E-state index is 0.0850. The van der Waals surface area contributed by atoms with Gasteiger partial charge < -0.3 is 24.7 Å². The maximum atomic E-state index is 9.55. The zero-order valence-corrected chi connectivity index (χ0v) is 12.1. The Labute approximate surface area is 122 Å². The van der Waals surface area contributed by atoms with Gasteiger partial charge in [0.25, 0.3) is 0 Å². The molecule has 1 saturated heterocycles. The van der Waals surface area contributed by atoms with Gasteiger partial charge in [0.2, 0.25) is 5.90 Å². The molecule has 8 heteroatoms. The molecule has 2 heterocycles. The Kier molecular flexibility index (Phi) is 6.16. The SMILES string of the molecule is COC1=NOC2(CCCN(C)C2)C1.O=C(O)/C=C/C(=O)O. The molecule has 2 N–H and O–H groups in total. The van der Waals surface area contributed by atoms with Crippen LogP contribution in [0.3, 0.4) is 0 Å². The number of carbonyl (C=O) groups is 2. The average molecular weight is 300 g/mol. The zero-order valence-electron chi connectivity index (χ0n) is 12.1. The van der Waals surface area contributed by atoms with Crippen LogP contribution < -0.4 is 0 Å². The minimum Gasteiger partial charge on any atom is -0.482 e. The van der Waals surface area contributed by atoms with Gasteiger partial charge in [-0.05, 0) is 26.4 Å². The van der Waals surface area contributed by atoms with Gasteiger partial charge in [-0.25, -0.2) is 9.59 Å². The van der Waals surface area contributed by atoms with Crippen molar-refractivity contribution in [1.29, 1.82) is 0 Å². The largest absolute Gasteiger partial charge is 0.482 e. The van der Waals surface area contributed by atoms with Crippen LogP contribution in [0.4, 0.5) is 0 Å². The lowest BCUT2D eigenvalue weighted by atomic mass is 9.90. The fraction of sp³-hybridized carbons (Fsp3) is 0.615. The van der Waals surface area contributed by atoms with Gasteiger partial charge in [0.05, 0.1) is 13.5 Å². The molecule has 0 amide bonds. The zero-order chi connectivity index (χ0) is 15.9. The molecule has 0 bridgehead atoms. The van der Waals surface area contributed by atoms with E-state index in [0.717, 1.165) is 31.8 Å². The second-order valence-electron chi connectivity index (χ2n) is 4.99. The Hall–Kier alpha value is -2.09. The highest BCUT2D eigenvalue weighted by Crippen LogP contribution is 2.32. The summed E-state index contributed by atoms with van der Waals surface area (Å²) in [4.78, 5) is 26.9. The van der Waals surface area contributed by atoms with Crippen molar-refractivity contribution in [3.05, 3.63) is 12.2 Å². The molecule has 0 aliphatic carbocycles. The maximum absolute atomic E-state index is 9.55. The van der Waals surface area contributed by atoms with Crippen LogP contribution in [0.5, 0.6) is 0 Å². The molecule has 1 fully saturated rings. The highest BCUT2D eigenvalue weighted by Gasteiger charge is 2.42. The lowest BCUT2D eigenvalue weighted by molar-refractivity contribution is -0.134. The number of piperidine rings is 1. The molecule has 2 aliphatic rings. The van der Waals surface area contributed by atoms with Crippen LogP contribution in [0.2, 0.25) is 0 Å². The van der Waals surface area contributed by atoms with Crippen LogP contribution in [-0.2, 0) is 19.2 Å². The van der Waals surface area contributed by atoms with E-state index in [0.29, 0.717) is 12.2 Å². The quantitative estimate of drug-likeness (QED) is 0.716. The third-order valence-electron chi connectivity index (χ3n) is 3.15. The number of hydrogen-bond acceptors (Lipinski definition) is 6. The van der Waals surface area contributed by atoms with Crippen molar-refractivity contribution in [2.24, 2.45) is 5.16 Å². The van der Waals surface area contributed by atoms with E-state index < -0.39 is 11.9 Å². The number of likely N-dealkylation sites (tertiary alicyclic amines) is 1. The number of hydrogen-bond donors (Lipinski definition) is 2. The Morgan fingerprint density at radius 3 is 2.43 bits per heavy atom. The van der Waals surface area contributed by atoms with Gasteiger partial charge in [-0.2, -0.15) is 0 Å². The summed E-state index contributed by atoms with van der Waals surface area (Å²) in [6, 6.07) is 0. The molecule has 0 radical (unpaired) electrons. The molecule has 2 rings (SSSR count). The molecule has 0 aromatic carbocycles. The Morgan fingerprint density at radius 1 is 1.38 bits per heavy atom. The summed E-state index contributed by atoms with van der Waals surface area (Å²) in [5, 5.41) is 19.6. The van der Waals surface area contributed by atoms with E-state index in [1.807, 2.05) is 0 Å². The molecule has 0 saturated carbocycles. The molecule has 1 atom stereocenters. The molecule has 8 nitrogen and oxygen atoms in total. The standard InChI is InChI=1S/C9H16N2O2.C4H4O4/c1-11-5-3-4-9(7-11)6-8(12-2)10-13-9;5-3(6)1-2-4(7)8/h3-7H2,1-2H3;1-2H,(H,5,6)(H,7,8)/b;2-1+. The van der Waals surface area contributed by atoms with E-state index in [2.05, 4.69) is 17.1 Å². The molecule has 1 spiro atoms. The van der Waals surface area contributed by atoms with Gasteiger partial charge in [0, 0.05) is 18.7 Å². The monoisotopic (exact) mass is 300 g/mol. The van der Waals surface area contributed by atoms with Crippen molar-refractivity contribution in [3.63, 3.8) is 0 Å². The number of methoxy groups -OCH3 is 1. The number of carboxylic acids is 2. The fourth-order valence-corrected chi connectivity index (χ4v) is 2.28. The minimum atomic E-state index is -1.26. The normalized spacial score (nSPS) is 25.0. The van der Waals surface area contributed by atoms with E-state index >= 15 is 0 Å². The highest BCUT2D eigenvalue weighted by molar-refractivity contribution is 5.89. The van der Waals surface area contributed by atoms with Crippen LogP contribution in [0.25, 0.3) is 0 Å². The number of oxime groups is 1. The van der Waals surface area contributed by atoms with Crippen molar-refractivity contribution in [3.8, 4) is 0 Å². The first kappa shape index (κ1) is 17.0. The van der Waals surface area contributed by atoms with Crippen LogP contribution >= 0.6 is 0 Å². The maximum Gasteiger partial charge on any atom is 0.328 e. The number of carboxylic acid groups (broad SMARTS) is 2. The summed E-state index contributed by atoms with van der Waals surface area (Å²) < 4.78 is 5.08. The predicted molar refractivity (Wildman–Crippen MR) is 74.0 cm³/mol. The van der Waals surface area contributed by atoms with Crippen molar-refractivity contribution in [1.82, 2.24) is 4.90 Å². The van der Waals surface area contributed by atoms with Crippen LogP contribution in [-0.4, -0.2) is 65.8 Å². The van der Waals surface area contributed by atoms with Gasteiger partial charge in [-0.15, -0.1) is 0 Å². The molecule has 2 aliphatic heterocycles. The first-order valence-electron chi connectivity index (χ1n) is 6.48. The van der Waals surface area contributed by atoms with Gasteiger partial charge in [0.1, 0.15) is 0 Å². The molecular weight excluding hydrogens is 280 g/mol. The third-order valence-corrected chi connectivity index (χ3v) is 3.15. The number of ether oxygens (including phenoxy) is 1. The lowest BCUT2D eigenvalue weighted by Crippen LogP contribution is -2.46. The molecule has 1 unspecified atom stereocenters. The topological polar surface area (TPSA) is 109 Å². The Morgan fingerprint density at radius 2 is 2.00 bits per heavy atom. The number of rotatable bonds is 2. The smallest absolute Gasteiger partial charge is 0.328 e. The molecule has 118 valence electrons. The van der Waals surface area contributed by atoms with Crippen LogP contribution in [0, 0.1) is 0 Å². The summed E-state index contributed by atoms with van der Waals surface area (Å²) in [6.07, 6.45) is 4.22. The van der Waals surface area contributed by atoms with Gasteiger partial charge in [-0.1, -0.05) is 5.16 Å². The van der Waals surface area contributed by atoms with Crippen molar-refractivity contribution < 1.29 is 29.4 Å². The van der Waals surface area contributed by atoms with E-state index in [9.17, 15) is 9.59 Å². The Bertz CT molecular complexity index is 432. The summed E-state index contributed by atoms with van der Waals surface area (Å²) in [6.45, 7) is 2.12.